The van der Waals surface area contributed by atoms with Gasteiger partial charge >= 0.3 is 0 Å². The first kappa shape index (κ1) is 13.9. The number of rotatable bonds is 5. The Bertz CT molecular complexity index is 202. The van der Waals surface area contributed by atoms with E-state index in [0.29, 0.717) is 6.10 Å². The zero-order valence-electron chi connectivity index (χ0n) is 11.4. The molecule has 0 spiro atoms. The summed E-state index contributed by atoms with van der Waals surface area (Å²) in [5, 5.41) is 3.53. The predicted molar refractivity (Wildman–Crippen MR) is 66.7 cm³/mol. The highest BCUT2D eigenvalue weighted by Crippen LogP contribution is 2.19. The molecule has 3 nitrogen and oxygen atoms in total. The van der Waals surface area contributed by atoms with Crippen LogP contribution in [0.2, 0.25) is 0 Å². The normalized spacial score (nSPS) is 22.7. The van der Waals surface area contributed by atoms with Gasteiger partial charge in [0.25, 0.3) is 0 Å². The lowest BCUT2D eigenvalue weighted by Crippen LogP contribution is -2.43. The molecule has 0 aliphatic carbocycles. The average Bonchev–Trinajstić information content (AvgIpc) is 2.64. The molecular formula is C13H27NO2. The fourth-order valence-corrected chi connectivity index (χ4v) is 1.54. The quantitative estimate of drug-likeness (QED) is 0.784. The van der Waals surface area contributed by atoms with Crippen molar-refractivity contribution in [2.24, 2.45) is 5.41 Å². The molecule has 0 amide bonds. The number of hydrogen-bond donors (Lipinski definition) is 1. The Labute approximate surface area is 99.9 Å². The molecule has 3 heteroatoms. The van der Waals surface area contributed by atoms with Crippen LogP contribution in [0, 0.1) is 5.41 Å². The lowest BCUT2D eigenvalue weighted by Gasteiger charge is -2.31. The van der Waals surface area contributed by atoms with Crippen LogP contribution in [-0.2, 0) is 9.47 Å². The average molecular weight is 229 g/mol. The molecular weight excluding hydrogens is 202 g/mol. The lowest BCUT2D eigenvalue weighted by atomic mass is 9.93. The van der Waals surface area contributed by atoms with Gasteiger partial charge in [-0.05, 0) is 27.2 Å². The summed E-state index contributed by atoms with van der Waals surface area (Å²) in [7, 11) is 0. The molecule has 1 aliphatic rings. The first-order valence-electron chi connectivity index (χ1n) is 6.23. The minimum atomic E-state index is 0.174. The van der Waals surface area contributed by atoms with Gasteiger partial charge in [0.2, 0.25) is 0 Å². The van der Waals surface area contributed by atoms with Crippen molar-refractivity contribution < 1.29 is 9.47 Å². The van der Waals surface area contributed by atoms with E-state index < -0.39 is 0 Å². The van der Waals surface area contributed by atoms with Crippen LogP contribution in [0.5, 0.6) is 0 Å². The van der Waals surface area contributed by atoms with Crippen molar-refractivity contribution in [1.82, 2.24) is 5.32 Å². The van der Waals surface area contributed by atoms with Crippen LogP contribution in [0.15, 0.2) is 0 Å². The van der Waals surface area contributed by atoms with Crippen molar-refractivity contribution in [2.75, 3.05) is 26.4 Å². The number of nitrogens with one attached hydrogen (secondary N) is 1. The van der Waals surface area contributed by atoms with E-state index in [1.165, 1.54) is 0 Å². The minimum Gasteiger partial charge on any atom is -0.379 e. The van der Waals surface area contributed by atoms with E-state index in [1.54, 1.807) is 0 Å². The number of hydrogen-bond acceptors (Lipinski definition) is 3. The van der Waals surface area contributed by atoms with Gasteiger partial charge in [0.1, 0.15) is 0 Å². The fraction of sp³-hybridized carbons (Fsp3) is 1.00. The van der Waals surface area contributed by atoms with Crippen LogP contribution in [0.3, 0.4) is 0 Å². The Balaban J connectivity index is 2.22. The molecule has 1 aliphatic heterocycles. The highest BCUT2D eigenvalue weighted by Gasteiger charge is 2.24. The summed E-state index contributed by atoms with van der Waals surface area (Å²) < 4.78 is 11.2. The van der Waals surface area contributed by atoms with Gasteiger partial charge in [-0.3, -0.25) is 0 Å². The van der Waals surface area contributed by atoms with Crippen LogP contribution in [-0.4, -0.2) is 38.0 Å². The molecule has 0 aromatic rings. The van der Waals surface area contributed by atoms with Crippen LogP contribution in [0.25, 0.3) is 0 Å². The molecule has 0 aromatic carbocycles. The summed E-state index contributed by atoms with van der Waals surface area (Å²) in [6.07, 6.45) is 1.36. The third kappa shape index (κ3) is 5.83. The summed E-state index contributed by atoms with van der Waals surface area (Å²) in [6.45, 7) is 14.4. The fourth-order valence-electron chi connectivity index (χ4n) is 1.54. The maximum atomic E-state index is 5.87. The molecule has 1 rings (SSSR count). The Hall–Kier alpha value is -0.120. The highest BCUT2D eigenvalue weighted by atomic mass is 16.5. The first-order valence-corrected chi connectivity index (χ1v) is 6.23. The third-order valence-electron chi connectivity index (χ3n) is 2.69. The summed E-state index contributed by atoms with van der Waals surface area (Å²) in [4.78, 5) is 0. The minimum absolute atomic E-state index is 0.174. The van der Waals surface area contributed by atoms with Gasteiger partial charge in [-0.2, -0.15) is 0 Å². The van der Waals surface area contributed by atoms with Gasteiger partial charge in [0, 0.05) is 24.1 Å². The molecule has 1 atom stereocenters. The van der Waals surface area contributed by atoms with Gasteiger partial charge in [0.05, 0.1) is 19.3 Å². The van der Waals surface area contributed by atoms with E-state index in [1.807, 2.05) is 0 Å². The Kier molecular flexibility index (Phi) is 4.77. The monoisotopic (exact) mass is 229 g/mol. The third-order valence-corrected chi connectivity index (χ3v) is 2.69. The molecule has 0 radical (unpaired) electrons. The lowest BCUT2D eigenvalue weighted by molar-refractivity contribution is -0.00276. The van der Waals surface area contributed by atoms with E-state index in [-0.39, 0.29) is 11.0 Å². The predicted octanol–water partition coefficient (Wildman–Crippen LogP) is 2.21. The van der Waals surface area contributed by atoms with Crippen molar-refractivity contribution in [1.29, 1.82) is 0 Å². The second-order valence-corrected chi connectivity index (χ2v) is 6.56. The molecule has 1 N–H and O–H groups in total. The number of ether oxygens (including phenoxy) is 2. The van der Waals surface area contributed by atoms with E-state index in [4.69, 9.17) is 9.47 Å². The van der Waals surface area contributed by atoms with Gasteiger partial charge < -0.3 is 14.8 Å². The summed E-state index contributed by atoms with van der Waals surface area (Å²) in [5.41, 5.74) is 0.351. The molecule has 1 saturated heterocycles. The van der Waals surface area contributed by atoms with E-state index in [0.717, 1.165) is 32.8 Å². The van der Waals surface area contributed by atoms with Crippen molar-refractivity contribution in [3.8, 4) is 0 Å². The van der Waals surface area contributed by atoms with Crippen molar-refractivity contribution in [3.05, 3.63) is 0 Å². The molecule has 16 heavy (non-hydrogen) atoms. The van der Waals surface area contributed by atoms with Gasteiger partial charge in [0.15, 0.2) is 0 Å². The summed E-state index contributed by atoms with van der Waals surface area (Å²) >= 11 is 0. The molecule has 0 saturated carbocycles. The Morgan fingerprint density at radius 2 is 1.94 bits per heavy atom. The van der Waals surface area contributed by atoms with Gasteiger partial charge in [-0.15, -0.1) is 0 Å². The maximum absolute atomic E-state index is 5.87. The van der Waals surface area contributed by atoms with Crippen molar-refractivity contribution in [3.63, 3.8) is 0 Å². The SMILES string of the molecule is CC(C)(CNC(C)(C)C)COC1CCOC1. The standard InChI is InChI=1S/C13H27NO2/c1-12(2,3)14-9-13(4,5)10-16-11-6-7-15-8-11/h11,14H,6-10H2,1-5H3. The smallest absolute Gasteiger partial charge is 0.0830 e. The van der Waals surface area contributed by atoms with Gasteiger partial charge in [-0.1, -0.05) is 13.8 Å². The highest BCUT2D eigenvalue weighted by molar-refractivity contribution is 4.78. The summed E-state index contributed by atoms with van der Waals surface area (Å²) in [5.74, 6) is 0. The van der Waals surface area contributed by atoms with Gasteiger partial charge in [-0.25, -0.2) is 0 Å². The van der Waals surface area contributed by atoms with E-state index in [2.05, 4.69) is 39.9 Å². The van der Waals surface area contributed by atoms with Crippen molar-refractivity contribution in [2.45, 2.75) is 52.7 Å². The van der Waals surface area contributed by atoms with Crippen LogP contribution in [0.1, 0.15) is 41.0 Å². The van der Waals surface area contributed by atoms with E-state index >= 15 is 0 Å². The second-order valence-electron chi connectivity index (χ2n) is 6.56. The maximum Gasteiger partial charge on any atom is 0.0830 e. The molecule has 0 aromatic heterocycles. The Morgan fingerprint density at radius 1 is 1.25 bits per heavy atom. The molecule has 96 valence electrons. The largest absolute Gasteiger partial charge is 0.379 e. The molecule has 1 fully saturated rings. The molecule has 1 heterocycles. The van der Waals surface area contributed by atoms with Crippen molar-refractivity contribution >= 4 is 0 Å². The van der Waals surface area contributed by atoms with Crippen LogP contribution in [0.4, 0.5) is 0 Å². The molecule has 1 unspecified atom stereocenters. The zero-order chi connectivity index (χ0) is 12.2. The Morgan fingerprint density at radius 3 is 2.44 bits per heavy atom. The topological polar surface area (TPSA) is 30.5 Å². The second kappa shape index (κ2) is 5.48. The first-order chi connectivity index (χ1) is 7.29. The van der Waals surface area contributed by atoms with E-state index in [9.17, 15) is 0 Å². The summed E-state index contributed by atoms with van der Waals surface area (Å²) in [6, 6.07) is 0. The van der Waals surface area contributed by atoms with Crippen LogP contribution < -0.4 is 5.32 Å². The van der Waals surface area contributed by atoms with Crippen LogP contribution >= 0.6 is 0 Å². The molecule has 0 bridgehead atoms. The zero-order valence-corrected chi connectivity index (χ0v) is 11.4.